The van der Waals surface area contributed by atoms with Gasteiger partial charge in [-0.3, -0.25) is 43.2 Å². The minimum Gasteiger partial charge on any atom is -0.469 e. The molecule has 8 atom stereocenters. The molecule has 8 aromatic rings. The number of methoxy groups -OCH3 is 7. The zero-order valence-electron chi connectivity index (χ0n) is 73.8. The number of carbonyl (C=O) groups excluding carboxylic acids is 9. The number of rotatable bonds is 19. The minimum absolute atomic E-state index is 0.0416. The molecule has 1 aromatic heterocycles. The molecule has 0 radical (unpaired) electrons. The van der Waals surface area contributed by atoms with Gasteiger partial charge in [-0.05, 0) is 248 Å². The van der Waals surface area contributed by atoms with Gasteiger partial charge in [-0.2, -0.15) is 0 Å². The number of fused-ring (bicyclic) bond motifs is 1. The molecule has 0 saturated heterocycles. The van der Waals surface area contributed by atoms with Crippen LogP contribution >= 0.6 is 71.3 Å². The zero-order chi connectivity index (χ0) is 96.0. The van der Waals surface area contributed by atoms with Crippen molar-refractivity contribution in [3.05, 3.63) is 298 Å². The van der Waals surface area contributed by atoms with Gasteiger partial charge in [0.2, 0.25) is 0 Å². The number of allylic oxidation sites excluding steroid dienone is 4. The standard InChI is InChI=1S/C16H19FO2.C15H13BrFNO2S.C15H14FNO3S.C14H16BrFO3.C14H14BrFO3.C14H15FO2.C10H11FO2/c1-5-10-16(11-6-2,15(18)19-4)13-8-7-9-14(17)12(13)3;1-8-9(4-3-5-10(8)17)15(13(19)20-2)6-11-12(7-15)21-14(16)18-11;1-9-10(4-3-5-11(9)16)15(14(19)20-2)6-12(17-8-21)13(18)7-15;2*1-8-9(4-3-5-11(8)16)14(13(18)19-2)6-10(15)12(17)7-14;1-10-11(6-5-7-12(10)15)14(13(16)17-2)8-3-4-9-14;1-7-8(6-10(12)13-2)4-3-5-9(7)11/h5-9H,1-2,10-11H2,3-4H3;3-5H,6-7H2,1-2H3;3-5,12H,6-7H2,1-2H3;3-5,10,12,17H,6-7H2,1-2H3;3-5,10H,6-7H2,1-2H3;3-7H,8-9H2,1-2H3;3-5H,6H2,1-2H3. The van der Waals surface area contributed by atoms with Crippen LogP contribution in [-0.2, 0) is 128 Å². The van der Waals surface area contributed by atoms with Gasteiger partial charge in [0.25, 0.3) is 0 Å². The minimum atomic E-state index is -1.21. The molecule has 0 spiro atoms. The molecule has 3 fully saturated rings. The van der Waals surface area contributed by atoms with Crippen LogP contribution in [0.4, 0.5) is 30.7 Å². The molecule has 1 heterocycles. The van der Waals surface area contributed by atoms with E-state index in [0.717, 1.165) is 20.1 Å². The number of aliphatic imine (C=N–C) groups is 1. The fourth-order valence-corrected chi connectivity index (χ4v) is 20.7. The Balaban J connectivity index is 0.000000207. The Morgan fingerprint density at radius 2 is 0.860 bits per heavy atom. The maximum atomic E-state index is 13.9. The van der Waals surface area contributed by atoms with E-state index < -0.39 is 79.2 Å². The number of ketones is 2. The fraction of sp³-hybridized carbons (Fsp3) is 0.378. The topological polar surface area (TPSA) is 264 Å². The van der Waals surface area contributed by atoms with E-state index in [1.54, 1.807) is 133 Å². The van der Waals surface area contributed by atoms with Gasteiger partial charge in [0, 0.05) is 35.4 Å². The Morgan fingerprint density at radius 1 is 0.488 bits per heavy atom. The molecule has 8 unspecified atom stereocenters. The Bertz CT molecular complexity index is 5550. The summed E-state index contributed by atoms with van der Waals surface area (Å²) in [4.78, 5) is 117. The maximum Gasteiger partial charge on any atom is 0.317 e. The van der Waals surface area contributed by atoms with Crippen LogP contribution in [0.2, 0.25) is 0 Å². The molecule has 13 rings (SSSR count). The van der Waals surface area contributed by atoms with Crippen LogP contribution in [0.15, 0.2) is 174 Å². The number of halogens is 10. The molecule has 31 heteroatoms. The average molecular weight is 2020 g/mol. The van der Waals surface area contributed by atoms with Gasteiger partial charge in [-0.15, -0.1) is 24.5 Å². The first-order valence-corrected chi connectivity index (χ1v) is 44.4. The van der Waals surface area contributed by atoms with E-state index in [4.69, 9.17) is 28.4 Å². The van der Waals surface area contributed by atoms with E-state index in [-0.39, 0.29) is 101 Å². The Hall–Kier alpha value is -10.3. The van der Waals surface area contributed by atoms with Crippen molar-refractivity contribution in [3.63, 3.8) is 0 Å². The van der Waals surface area contributed by atoms with Crippen molar-refractivity contribution in [1.29, 1.82) is 0 Å². The lowest BCUT2D eigenvalue weighted by Gasteiger charge is -2.31. The predicted molar refractivity (Wildman–Crippen MR) is 489 cm³/mol. The summed E-state index contributed by atoms with van der Waals surface area (Å²) in [5, 5.41) is 12.1. The third-order valence-corrected chi connectivity index (χ3v) is 27.8. The predicted octanol–water partition coefficient (Wildman–Crippen LogP) is 19.5. The van der Waals surface area contributed by atoms with Crippen molar-refractivity contribution in [3.8, 4) is 0 Å². The molecule has 129 heavy (non-hydrogen) atoms. The molecule has 5 aliphatic rings. The van der Waals surface area contributed by atoms with E-state index in [9.17, 15) is 79.0 Å². The van der Waals surface area contributed by atoms with Crippen molar-refractivity contribution in [1.82, 2.24) is 4.98 Å². The number of isothiocyanates is 1. The zero-order valence-corrected chi connectivity index (χ0v) is 80.2. The van der Waals surface area contributed by atoms with Crippen molar-refractivity contribution in [2.45, 2.75) is 186 Å². The van der Waals surface area contributed by atoms with Crippen LogP contribution in [0.1, 0.15) is 153 Å². The van der Waals surface area contributed by atoms with Crippen LogP contribution < -0.4 is 0 Å². The number of aromatic nitrogens is 1. The van der Waals surface area contributed by atoms with Crippen molar-refractivity contribution in [2.75, 3.05) is 49.8 Å². The summed E-state index contributed by atoms with van der Waals surface area (Å²) in [5.74, 6) is -5.52. The molecule has 5 aliphatic carbocycles. The van der Waals surface area contributed by atoms with Crippen molar-refractivity contribution >= 4 is 130 Å². The van der Waals surface area contributed by atoms with E-state index in [0.29, 0.717) is 124 Å². The Labute approximate surface area is 780 Å². The second-order valence-electron chi connectivity index (χ2n) is 31.6. The van der Waals surface area contributed by atoms with Gasteiger partial charge in [-0.1, -0.05) is 141 Å². The first-order chi connectivity index (χ1) is 61.1. The summed E-state index contributed by atoms with van der Waals surface area (Å²) in [5.41, 5.74) is 2.53. The number of thiocarbonyl (C=S) groups is 1. The first kappa shape index (κ1) is 106. The number of esters is 7. The molecule has 3 saturated carbocycles. The van der Waals surface area contributed by atoms with E-state index >= 15 is 0 Å². The smallest absolute Gasteiger partial charge is 0.317 e. The SMILES string of the molecule is C=CCC(CC=C)(C(=O)OC)c1cccc(F)c1C.COC(=O)C1(c2cccc(F)c2C)CC(=O)C(Br)C1.COC(=O)C1(c2cccc(F)c2C)CC(=O)C(N=C=S)C1.COC(=O)C1(c2cccc(F)c2C)CC(O)C(Br)C1.COC(=O)C1(c2cccc(F)c2C)CC=CC1.COC(=O)C1(c2cccc(F)c2C)Cc2nc(Br)sc2C1.COC(=O)Cc1cccc(F)c1C. The van der Waals surface area contributed by atoms with Gasteiger partial charge in [-0.25, -0.2) is 40.7 Å². The van der Waals surface area contributed by atoms with E-state index in [2.05, 4.69) is 93.0 Å². The normalized spacial score (nSPS) is 20.5. The molecule has 688 valence electrons. The molecular weight excluding hydrogens is 1910 g/mol. The van der Waals surface area contributed by atoms with E-state index in [1.165, 1.54) is 110 Å². The molecule has 0 bridgehead atoms. The maximum absolute atomic E-state index is 13.9. The van der Waals surface area contributed by atoms with Gasteiger partial charge in [0.1, 0.15) is 79.6 Å². The van der Waals surface area contributed by atoms with Gasteiger partial charge in [0.15, 0.2) is 9.70 Å². The summed E-state index contributed by atoms with van der Waals surface area (Å²) >= 11 is 16.0. The molecule has 0 amide bonds. The van der Waals surface area contributed by atoms with Crippen LogP contribution in [0.5, 0.6) is 0 Å². The highest BCUT2D eigenvalue weighted by Gasteiger charge is 2.56. The largest absolute Gasteiger partial charge is 0.469 e. The number of nitrogens with zero attached hydrogens (tertiary/aromatic N) is 2. The lowest BCUT2D eigenvalue weighted by atomic mass is 9.73. The average Bonchev–Trinajstić information content (AvgIpc) is 1.57. The second-order valence-corrected chi connectivity index (χ2v) is 36.5. The second kappa shape index (κ2) is 46.5. The number of aliphatic hydroxyl groups excluding tert-OH is 1. The lowest BCUT2D eigenvalue weighted by molar-refractivity contribution is -0.148. The summed E-state index contributed by atoms with van der Waals surface area (Å²) in [6.07, 6.45) is 10.5. The summed E-state index contributed by atoms with van der Waals surface area (Å²) in [6, 6.07) is 32.1. The summed E-state index contributed by atoms with van der Waals surface area (Å²) < 4.78 is 130. The van der Waals surface area contributed by atoms with Gasteiger partial charge >= 0.3 is 41.8 Å². The Morgan fingerprint density at radius 3 is 1.25 bits per heavy atom. The van der Waals surface area contributed by atoms with Crippen molar-refractivity contribution < 1.29 is 112 Å². The number of aliphatic hydroxyl groups is 1. The van der Waals surface area contributed by atoms with Gasteiger partial charge in [0.05, 0.1) is 83.4 Å². The third-order valence-electron chi connectivity index (χ3n) is 24.3. The fourth-order valence-electron chi connectivity index (χ4n) is 17.4. The monoisotopic (exact) mass is 2010 g/mol. The van der Waals surface area contributed by atoms with Crippen molar-refractivity contribution in [2.24, 2.45) is 4.99 Å². The number of benzene rings is 7. The molecule has 7 aromatic carbocycles. The first-order valence-electron chi connectivity index (χ1n) is 40.5. The van der Waals surface area contributed by atoms with Crippen LogP contribution in [0, 0.1) is 89.2 Å². The number of Topliss-reactive ketones (excluding diaryl/α,β-unsaturated/α-hetero) is 2. The molecule has 19 nitrogen and oxygen atoms in total. The van der Waals surface area contributed by atoms with Crippen LogP contribution in [0.25, 0.3) is 0 Å². The highest BCUT2D eigenvalue weighted by Crippen LogP contribution is 2.50. The number of hydrogen-bond donors (Lipinski definition) is 1. The molecule has 1 N–H and O–H groups in total. The molecule has 0 aliphatic heterocycles. The number of carbonyl (C=O) groups is 9. The number of ether oxygens (including phenoxy) is 7. The van der Waals surface area contributed by atoms with Gasteiger partial charge < -0.3 is 38.3 Å². The lowest BCUT2D eigenvalue weighted by Crippen LogP contribution is -2.39. The van der Waals surface area contributed by atoms with Crippen LogP contribution in [-0.4, -0.2) is 140 Å². The van der Waals surface area contributed by atoms with Crippen LogP contribution in [0.3, 0.4) is 0 Å². The number of thiazole rings is 1. The molecular formula is C98H102Br3F7N2O17S2. The highest BCUT2D eigenvalue weighted by molar-refractivity contribution is 9.11. The quantitative estimate of drug-likeness (QED) is 0.0150. The summed E-state index contributed by atoms with van der Waals surface area (Å²) in [6.45, 7) is 18.9. The number of alkyl halides is 2. The number of hydrogen-bond acceptors (Lipinski definition) is 21. The summed E-state index contributed by atoms with van der Waals surface area (Å²) in [7, 11) is 9.23. The Kier molecular flexibility index (Phi) is 38.1. The highest BCUT2D eigenvalue weighted by atomic mass is 79.9. The van der Waals surface area contributed by atoms with E-state index in [1.807, 2.05) is 18.2 Å². The third kappa shape index (κ3) is 23.0.